The number of nitrogens with zero attached hydrogens (tertiary/aromatic N) is 1. The molecule has 19 heavy (non-hydrogen) atoms. The standard InChI is InChI=1S/C16H26N2O/c1-3-5-10-18(15-7-8-15)12-13-11-14(17)6-9-16(13)19-4-2/h6,9,11,15H,3-5,7-8,10,12,17H2,1-2H3. The molecule has 106 valence electrons. The number of hydrogen-bond donors (Lipinski definition) is 1. The maximum absolute atomic E-state index is 5.92. The predicted octanol–water partition coefficient (Wildman–Crippen LogP) is 3.43. The quantitative estimate of drug-likeness (QED) is 0.729. The summed E-state index contributed by atoms with van der Waals surface area (Å²) in [6.45, 7) is 7.12. The number of nitrogens with two attached hydrogens (primary N) is 1. The van der Waals surface area contributed by atoms with E-state index in [1.54, 1.807) is 0 Å². The normalized spacial score (nSPS) is 14.9. The van der Waals surface area contributed by atoms with Crippen molar-refractivity contribution in [1.29, 1.82) is 0 Å². The maximum atomic E-state index is 5.92. The molecule has 0 spiro atoms. The van der Waals surface area contributed by atoms with Crippen molar-refractivity contribution in [3.05, 3.63) is 23.8 Å². The van der Waals surface area contributed by atoms with Gasteiger partial charge in [0, 0.05) is 23.8 Å². The number of nitrogen functional groups attached to an aromatic ring is 1. The van der Waals surface area contributed by atoms with Crippen LogP contribution in [0.15, 0.2) is 18.2 Å². The van der Waals surface area contributed by atoms with Crippen molar-refractivity contribution >= 4 is 5.69 Å². The number of rotatable bonds is 8. The molecule has 0 heterocycles. The van der Waals surface area contributed by atoms with Crippen LogP contribution < -0.4 is 10.5 Å². The van der Waals surface area contributed by atoms with Gasteiger partial charge >= 0.3 is 0 Å². The Morgan fingerprint density at radius 1 is 1.32 bits per heavy atom. The molecule has 1 fully saturated rings. The van der Waals surface area contributed by atoms with Crippen molar-refractivity contribution < 1.29 is 4.74 Å². The Hall–Kier alpha value is -1.22. The van der Waals surface area contributed by atoms with E-state index in [9.17, 15) is 0 Å². The van der Waals surface area contributed by atoms with Crippen molar-refractivity contribution in [2.24, 2.45) is 0 Å². The highest BCUT2D eigenvalue weighted by Crippen LogP contribution is 2.31. The fraction of sp³-hybridized carbons (Fsp3) is 0.625. The third-order valence-corrected chi connectivity index (χ3v) is 3.62. The third kappa shape index (κ3) is 4.13. The van der Waals surface area contributed by atoms with Crippen molar-refractivity contribution in [2.75, 3.05) is 18.9 Å². The summed E-state index contributed by atoms with van der Waals surface area (Å²) in [5, 5.41) is 0. The number of hydrogen-bond acceptors (Lipinski definition) is 3. The van der Waals surface area contributed by atoms with Crippen LogP contribution in [0.1, 0.15) is 45.1 Å². The van der Waals surface area contributed by atoms with Gasteiger partial charge < -0.3 is 10.5 Å². The average Bonchev–Trinajstić information content (AvgIpc) is 3.22. The lowest BCUT2D eigenvalue weighted by Gasteiger charge is -2.23. The second-order valence-electron chi connectivity index (χ2n) is 5.36. The molecular formula is C16H26N2O. The van der Waals surface area contributed by atoms with E-state index in [1.807, 2.05) is 19.1 Å². The Morgan fingerprint density at radius 3 is 2.74 bits per heavy atom. The Labute approximate surface area is 116 Å². The Bertz CT molecular complexity index is 402. The summed E-state index contributed by atoms with van der Waals surface area (Å²) >= 11 is 0. The van der Waals surface area contributed by atoms with Crippen molar-refractivity contribution in [3.8, 4) is 5.75 Å². The summed E-state index contributed by atoms with van der Waals surface area (Å²) in [5.74, 6) is 0.985. The SMILES string of the molecule is CCCCN(Cc1cc(N)ccc1OCC)C1CC1. The number of ether oxygens (including phenoxy) is 1. The van der Waals surface area contributed by atoms with Gasteiger partial charge in [0.05, 0.1) is 6.61 Å². The van der Waals surface area contributed by atoms with Gasteiger partial charge in [0.25, 0.3) is 0 Å². The lowest BCUT2D eigenvalue weighted by Crippen LogP contribution is -2.27. The lowest BCUT2D eigenvalue weighted by molar-refractivity contribution is 0.244. The van der Waals surface area contributed by atoms with E-state index in [2.05, 4.69) is 17.9 Å². The minimum Gasteiger partial charge on any atom is -0.494 e. The minimum atomic E-state index is 0.704. The van der Waals surface area contributed by atoms with Gasteiger partial charge in [-0.25, -0.2) is 0 Å². The number of unbranched alkanes of at least 4 members (excludes halogenated alkanes) is 1. The zero-order chi connectivity index (χ0) is 13.7. The monoisotopic (exact) mass is 262 g/mol. The van der Waals surface area contributed by atoms with Gasteiger partial charge in [-0.1, -0.05) is 13.3 Å². The second kappa shape index (κ2) is 6.80. The highest BCUT2D eigenvalue weighted by Gasteiger charge is 2.28. The Morgan fingerprint density at radius 2 is 2.11 bits per heavy atom. The first-order chi connectivity index (χ1) is 9.24. The first-order valence-electron chi connectivity index (χ1n) is 7.49. The van der Waals surface area contributed by atoms with E-state index < -0.39 is 0 Å². The summed E-state index contributed by atoms with van der Waals surface area (Å²) in [5.41, 5.74) is 7.97. The van der Waals surface area contributed by atoms with E-state index >= 15 is 0 Å². The van der Waals surface area contributed by atoms with Gasteiger partial charge in [0.15, 0.2) is 0 Å². The smallest absolute Gasteiger partial charge is 0.123 e. The molecule has 0 aromatic heterocycles. The molecule has 0 amide bonds. The Balaban J connectivity index is 2.07. The van der Waals surface area contributed by atoms with Crippen LogP contribution in [-0.4, -0.2) is 24.1 Å². The van der Waals surface area contributed by atoms with Gasteiger partial charge in [-0.05, 0) is 50.9 Å². The molecule has 0 radical (unpaired) electrons. The van der Waals surface area contributed by atoms with Crippen LogP contribution in [0, 0.1) is 0 Å². The Kier molecular flexibility index (Phi) is 5.08. The van der Waals surface area contributed by atoms with E-state index in [0.29, 0.717) is 6.61 Å². The average molecular weight is 262 g/mol. The third-order valence-electron chi connectivity index (χ3n) is 3.62. The zero-order valence-corrected chi connectivity index (χ0v) is 12.2. The molecule has 0 atom stereocenters. The lowest BCUT2D eigenvalue weighted by atomic mass is 10.1. The first kappa shape index (κ1) is 14.2. The van der Waals surface area contributed by atoms with Crippen LogP contribution in [-0.2, 0) is 6.54 Å². The predicted molar refractivity (Wildman–Crippen MR) is 80.4 cm³/mol. The van der Waals surface area contributed by atoms with Gasteiger partial charge in [0.2, 0.25) is 0 Å². The summed E-state index contributed by atoms with van der Waals surface area (Å²) in [6, 6.07) is 6.76. The minimum absolute atomic E-state index is 0.704. The molecule has 1 aliphatic carbocycles. The second-order valence-corrected chi connectivity index (χ2v) is 5.36. The van der Waals surface area contributed by atoms with Crippen LogP contribution in [0.4, 0.5) is 5.69 Å². The molecule has 3 heteroatoms. The molecule has 0 unspecified atom stereocenters. The summed E-state index contributed by atoms with van der Waals surface area (Å²) in [6.07, 6.45) is 5.20. The molecule has 3 nitrogen and oxygen atoms in total. The highest BCUT2D eigenvalue weighted by atomic mass is 16.5. The molecule has 0 saturated heterocycles. The number of benzene rings is 1. The van der Waals surface area contributed by atoms with Gasteiger partial charge in [-0.2, -0.15) is 0 Å². The maximum Gasteiger partial charge on any atom is 0.123 e. The fourth-order valence-corrected chi connectivity index (χ4v) is 2.43. The molecule has 2 N–H and O–H groups in total. The van der Waals surface area contributed by atoms with Crippen molar-refractivity contribution in [3.63, 3.8) is 0 Å². The van der Waals surface area contributed by atoms with Gasteiger partial charge in [0.1, 0.15) is 5.75 Å². The van der Waals surface area contributed by atoms with Crippen LogP contribution in [0.25, 0.3) is 0 Å². The van der Waals surface area contributed by atoms with Crippen molar-refractivity contribution in [2.45, 2.75) is 52.1 Å². The highest BCUT2D eigenvalue weighted by molar-refractivity contribution is 5.47. The molecule has 1 aliphatic rings. The topological polar surface area (TPSA) is 38.5 Å². The molecule has 2 rings (SSSR count). The number of anilines is 1. The van der Waals surface area contributed by atoms with Gasteiger partial charge in [-0.3, -0.25) is 4.90 Å². The van der Waals surface area contributed by atoms with Crippen LogP contribution in [0.3, 0.4) is 0 Å². The van der Waals surface area contributed by atoms with E-state index in [0.717, 1.165) is 24.0 Å². The van der Waals surface area contributed by atoms with Crippen molar-refractivity contribution in [1.82, 2.24) is 4.90 Å². The zero-order valence-electron chi connectivity index (χ0n) is 12.2. The molecule has 1 aromatic rings. The van der Waals surface area contributed by atoms with E-state index in [1.165, 1.54) is 37.8 Å². The fourth-order valence-electron chi connectivity index (χ4n) is 2.43. The largest absolute Gasteiger partial charge is 0.494 e. The first-order valence-corrected chi connectivity index (χ1v) is 7.49. The van der Waals surface area contributed by atoms with E-state index in [4.69, 9.17) is 10.5 Å². The molecule has 0 bridgehead atoms. The summed E-state index contributed by atoms with van der Waals surface area (Å²) in [7, 11) is 0. The summed E-state index contributed by atoms with van der Waals surface area (Å²) < 4.78 is 5.72. The van der Waals surface area contributed by atoms with Crippen LogP contribution in [0.2, 0.25) is 0 Å². The van der Waals surface area contributed by atoms with Crippen LogP contribution in [0.5, 0.6) is 5.75 Å². The molecular weight excluding hydrogens is 236 g/mol. The molecule has 0 aliphatic heterocycles. The molecule has 1 aromatic carbocycles. The summed E-state index contributed by atoms with van der Waals surface area (Å²) in [4.78, 5) is 2.58. The van der Waals surface area contributed by atoms with E-state index in [-0.39, 0.29) is 0 Å². The molecule has 1 saturated carbocycles. The van der Waals surface area contributed by atoms with Crippen LogP contribution >= 0.6 is 0 Å². The van der Waals surface area contributed by atoms with Gasteiger partial charge in [-0.15, -0.1) is 0 Å².